The van der Waals surface area contributed by atoms with E-state index in [1.165, 1.54) is 5.39 Å². The highest BCUT2D eigenvalue weighted by Gasteiger charge is 2.21. The molecule has 7 aromatic carbocycles. The fourth-order valence-corrected chi connectivity index (χ4v) is 7.45. The van der Waals surface area contributed by atoms with Gasteiger partial charge in [0.15, 0.2) is 17.5 Å². The Hall–Kier alpha value is -7.11. The predicted octanol–water partition coefficient (Wildman–Crippen LogP) is 10.8. The molecule has 0 aliphatic heterocycles. The smallest absolute Gasteiger partial charge is 0.165 e. The number of furan rings is 2. The van der Waals surface area contributed by atoms with Crippen molar-refractivity contribution in [3.63, 3.8) is 0 Å². The second-order valence-corrected chi connectivity index (χ2v) is 13.2. The summed E-state index contributed by atoms with van der Waals surface area (Å²) in [6.45, 7) is 4.27. The molecule has 3 heterocycles. The van der Waals surface area contributed by atoms with Gasteiger partial charge in [0.05, 0.1) is 0 Å². The van der Waals surface area contributed by atoms with Crippen LogP contribution < -0.4 is 10.6 Å². The Balaban J connectivity index is 1.21. The summed E-state index contributed by atoms with van der Waals surface area (Å²) >= 11 is 0. The molecule has 5 heteroatoms. The number of benzene rings is 7. The van der Waals surface area contributed by atoms with Crippen LogP contribution in [0.1, 0.15) is 5.56 Å². The third kappa shape index (κ3) is 5.29. The quantitative estimate of drug-likeness (QED) is 0.163. The highest BCUT2D eigenvalue weighted by Crippen LogP contribution is 2.40. The van der Waals surface area contributed by atoms with E-state index in [-0.39, 0.29) is 0 Å². The second-order valence-electron chi connectivity index (χ2n) is 13.2. The standard InChI is InChI=1S/C48H31N3O2/c1-30-34-19-10-13-25-41(34)52-40(30)24-12-6-15-31-27-28-43-45(38-23-11-14-26-42(38)53-43)44(31)48-50-46(32-16-3-2-4-17-32)49-47(51-48)39-29-33-18-5-7-20-35(33)36-21-8-9-22-37(36)39/h2-14,16-29H,1,15H2/b12-6-,40-24+. The molecule has 53 heavy (non-hydrogen) atoms. The average molecular weight is 682 g/mol. The lowest BCUT2D eigenvalue weighted by Crippen LogP contribution is -2.17. The fourth-order valence-electron chi connectivity index (χ4n) is 7.45. The molecular weight excluding hydrogens is 651 g/mol. The summed E-state index contributed by atoms with van der Waals surface area (Å²) in [4.78, 5) is 15.7. The van der Waals surface area contributed by atoms with Crippen molar-refractivity contribution in [2.24, 2.45) is 0 Å². The van der Waals surface area contributed by atoms with Crippen LogP contribution in [0.4, 0.5) is 0 Å². The summed E-state index contributed by atoms with van der Waals surface area (Å²) in [6.07, 6.45) is 6.77. The maximum atomic E-state index is 6.42. The number of hydrogen-bond acceptors (Lipinski definition) is 5. The van der Waals surface area contributed by atoms with Gasteiger partial charge in [0.25, 0.3) is 0 Å². The minimum absolute atomic E-state index is 0.591. The normalized spacial score (nSPS) is 12.3. The number of nitrogens with zero attached hydrogens (tertiary/aromatic N) is 3. The molecule has 5 nitrogen and oxygen atoms in total. The highest BCUT2D eigenvalue weighted by molar-refractivity contribution is 6.14. The molecule has 0 saturated carbocycles. The SMILES string of the molecule is C=c1/c(=C\C=C/Cc2ccc3oc4ccccc4c3c2-c2nc(-c3ccccc3)nc(-c3cc4ccccc4c4ccccc34)n2)oc2ccccc12. The van der Waals surface area contributed by atoms with Gasteiger partial charge in [0, 0.05) is 38.1 Å². The van der Waals surface area contributed by atoms with E-state index in [1.54, 1.807) is 0 Å². The van der Waals surface area contributed by atoms with E-state index < -0.39 is 0 Å². The van der Waals surface area contributed by atoms with Crippen molar-refractivity contribution < 1.29 is 8.83 Å². The molecule has 0 fully saturated rings. The lowest BCUT2D eigenvalue weighted by molar-refractivity contribution is 0.576. The van der Waals surface area contributed by atoms with Crippen LogP contribution >= 0.6 is 0 Å². The molecule has 0 aliphatic rings. The first kappa shape index (κ1) is 30.7. The summed E-state index contributed by atoms with van der Waals surface area (Å²) in [5.74, 6) is 1.81. The highest BCUT2D eigenvalue weighted by atomic mass is 16.3. The topological polar surface area (TPSA) is 65.0 Å². The van der Waals surface area contributed by atoms with Gasteiger partial charge in [-0.05, 0) is 63.9 Å². The lowest BCUT2D eigenvalue weighted by atomic mass is 9.96. The largest absolute Gasteiger partial charge is 0.456 e. The third-order valence-corrected chi connectivity index (χ3v) is 9.98. The Bertz CT molecular complexity index is 3170. The first-order chi connectivity index (χ1) is 26.2. The first-order valence-electron chi connectivity index (χ1n) is 17.7. The van der Waals surface area contributed by atoms with Crippen molar-refractivity contribution >= 4 is 67.1 Å². The van der Waals surface area contributed by atoms with Crippen molar-refractivity contribution in [1.82, 2.24) is 15.0 Å². The van der Waals surface area contributed by atoms with Crippen LogP contribution in [-0.2, 0) is 6.42 Å². The first-order valence-corrected chi connectivity index (χ1v) is 17.7. The van der Waals surface area contributed by atoms with Crippen molar-refractivity contribution in [2.75, 3.05) is 0 Å². The van der Waals surface area contributed by atoms with Gasteiger partial charge in [-0.15, -0.1) is 0 Å². The zero-order valence-corrected chi connectivity index (χ0v) is 28.7. The zero-order valence-electron chi connectivity index (χ0n) is 28.7. The minimum Gasteiger partial charge on any atom is -0.456 e. The summed E-state index contributed by atoms with van der Waals surface area (Å²) in [7, 11) is 0. The molecule has 0 N–H and O–H groups in total. The van der Waals surface area contributed by atoms with Crippen LogP contribution in [0.15, 0.2) is 167 Å². The van der Waals surface area contributed by atoms with E-state index >= 15 is 0 Å². The number of fused-ring (bicyclic) bond motifs is 7. The molecule has 0 aliphatic carbocycles. The summed E-state index contributed by atoms with van der Waals surface area (Å²) < 4.78 is 12.5. The molecule has 0 saturated heterocycles. The van der Waals surface area contributed by atoms with Gasteiger partial charge >= 0.3 is 0 Å². The van der Waals surface area contributed by atoms with Crippen LogP contribution in [0.3, 0.4) is 0 Å². The fraction of sp³-hybridized carbons (Fsp3) is 0.0208. The Morgan fingerprint density at radius 1 is 0.528 bits per heavy atom. The third-order valence-electron chi connectivity index (χ3n) is 9.98. The van der Waals surface area contributed by atoms with Crippen LogP contribution in [0.25, 0.3) is 101 Å². The molecule has 0 unspecified atom stereocenters. The molecule has 0 atom stereocenters. The summed E-state index contributed by atoms with van der Waals surface area (Å²) in [5, 5.41) is 8.45. The van der Waals surface area contributed by atoms with Crippen LogP contribution in [0.5, 0.6) is 0 Å². The summed E-state index contributed by atoms with van der Waals surface area (Å²) in [5.41, 5.74) is 7.02. The molecular formula is C48H31N3O2. The molecule has 3 aromatic heterocycles. The Labute approximate surface area is 304 Å². The van der Waals surface area contributed by atoms with Gasteiger partial charge in [-0.25, -0.2) is 15.0 Å². The molecule has 0 amide bonds. The Morgan fingerprint density at radius 2 is 1.17 bits per heavy atom. The molecule has 0 bridgehead atoms. The van der Waals surface area contributed by atoms with E-state index in [1.807, 2.05) is 84.9 Å². The van der Waals surface area contributed by atoms with Crippen LogP contribution in [0, 0.1) is 0 Å². The molecule has 0 spiro atoms. The van der Waals surface area contributed by atoms with E-state index in [9.17, 15) is 0 Å². The maximum Gasteiger partial charge on any atom is 0.165 e. The van der Waals surface area contributed by atoms with E-state index in [0.29, 0.717) is 23.9 Å². The molecule has 250 valence electrons. The van der Waals surface area contributed by atoms with Crippen molar-refractivity contribution in [3.8, 4) is 34.2 Å². The second kappa shape index (κ2) is 12.6. The van der Waals surface area contributed by atoms with Crippen LogP contribution in [0.2, 0.25) is 0 Å². The van der Waals surface area contributed by atoms with Gasteiger partial charge in [-0.3, -0.25) is 0 Å². The van der Waals surface area contributed by atoms with Crippen LogP contribution in [-0.4, -0.2) is 15.0 Å². The Morgan fingerprint density at radius 3 is 1.98 bits per heavy atom. The number of para-hydroxylation sites is 2. The minimum atomic E-state index is 0.591. The van der Waals surface area contributed by atoms with Crippen molar-refractivity contribution in [3.05, 3.63) is 174 Å². The molecule has 10 aromatic rings. The average Bonchev–Trinajstić information content (AvgIpc) is 3.76. The van der Waals surface area contributed by atoms with Crippen molar-refractivity contribution in [1.29, 1.82) is 0 Å². The lowest BCUT2D eigenvalue weighted by Gasteiger charge is -2.14. The van der Waals surface area contributed by atoms with E-state index in [2.05, 4.69) is 85.5 Å². The predicted molar refractivity (Wildman–Crippen MR) is 217 cm³/mol. The molecule has 10 rings (SSSR count). The number of allylic oxidation sites excluding steroid dienone is 2. The number of rotatable bonds is 6. The van der Waals surface area contributed by atoms with Crippen molar-refractivity contribution in [2.45, 2.75) is 6.42 Å². The van der Waals surface area contributed by atoms with Gasteiger partial charge in [0.2, 0.25) is 0 Å². The van der Waals surface area contributed by atoms with E-state index in [4.69, 9.17) is 23.8 Å². The number of aromatic nitrogens is 3. The molecule has 0 radical (unpaired) electrons. The monoisotopic (exact) mass is 681 g/mol. The zero-order chi connectivity index (χ0) is 35.3. The van der Waals surface area contributed by atoms with Gasteiger partial charge in [-0.2, -0.15) is 0 Å². The summed E-state index contributed by atoms with van der Waals surface area (Å²) in [6, 6.07) is 49.6. The number of hydrogen-bond donors (Lipinski definition) is 0. The van der Waals surface area contributed by atoms with Gasteiger partial charge in [-0.1, -0.05) is 140 Å². The van der Waals surface area contributed by atoms with Gasteiger partial charge in [0.1, 0.15) is 22.2 Å². The Kier molecular flexibility index (Phi) is 7.29. The van der Waals surface area contributed by atoms with E-state index in [0.717, 1.165) is 82.0 Å². The maximum absolute atomic E-state index is 6.42. The van der Waals surface area contributed by atoms with Gasteiger partial charge < -0.3 is 8.83 Å².